The van der Waals surface area contributed by atoms with Crippen LogP contribution in [0.3, 0.4) is 0 Å². The topological polar surface area (TPSA) is 12.5 Å². The molecular formula is C7H12INO. The summed E-state index contributed by atoms with van der Waals surface area (Å²) in [5.74, 6) is 0. The van der Waals surface area contributed by atoms with E-state index >= 15 is 0 Å². The van der Waals surface area contributed by atoms with Crippen molar-refractivity contribution < 1.29 is 4.74 Å². The molecule has 1 spiro atoms. The van der Waals surface area contributed by atoms with Gasteiger partial charge < -0.3 is 4.74 Å². The minimum absolute atomic E-state index is 0.557. The van der Waals surface area contributed by atoms with Crippen molar-refractivity contribution in [2.45, 2.75) is 12.8 Å². The molecule has 1 unspecified atom stereocenters. The van der Waals surface area contributed by atoms with Crippen LogP contribution >= 0.6 is 22.9 Å². The molecule has 0 aliphatic carbocycles. The average molecular weight is 253 g/mol. The van der Waals surface area contributed by atoms with Crippen LogP contribution in [0.25, 0.3) is 0 Å². The molecule has 1 atom stereocenters. The number of ether oxygens (including phenoxy) is 1. The van der Waals surface area contributed by atoms with Crippen LogP contribution in [0, 0.1) is 5.41 Å². The number of hydrogen-bond donors (Lipinski definition) is 0. The predicted molar refractivity (Wildman–Crippen MR) is 48.1 cm³/mol. The highest BCUT2D eigenvalue weighted by Crippen LogP contribution is 2.39. The molecule has 58 valence electrons. The van der Waals surface area contributed by atoms with Crippen LogP contribution in [0.5, 0.6) is 0 Å². The lowest BCUT2D eigenvalue weighted by atomic mass is 9.87. The second-order valence-corrected chi connectivity index (χ2v) is 4.76. The Morgan fingerprint density at radius 2 is 2.30 bits per heavy atom. The van der Waals surface area contributed by atoms with Gasteiger partial charge in [-0.2, -0.15) is 0 Å². The highest BCUT2D eigenvalue weighted by molar-refractivity contribution is 14.1. The Morgan fingerprint density at radius 1 is 1.40 bits per heavy atom. The molecule has 2 fully saturated rings. The van der Waals surface area contributed by atoms with Gasteiger partial charge in [-0.05, 0) is 12.8 Å². The van der Waals surface area contributed by atoms with Crippen molar-refractivity contribution in [3.05, 3.63) is 0 Å². The molecular weight excluding hydrogens is 241 g/mol. The highest BCUT2D eigenvalue weighted by atomic mass is 127. The lowest BCUT2D eigenvalue weighted by Gasteiger charge is -2.18. The van der Waals surface area contributed by atoms with Crippen molar-refractivity contribution >= 4 is 22.9 Å². The van der Waals surface area contributed by atoms with E-state index < -0.39 is 0 Å². The van der Waals surface area contributed by atoms with Crippen LogP contribution in [0.2, 0.25) is 0 Å². The first kappa shape index (κ1) is 7.31. The van der Waals surface area contributed by atoms with E-state index in [2.05, 4.69) is 26.0 Å². The van der Waals surface area contributed by atoms with Crippen molar-refractivity contribution in [3.8, 4) is 0 Å². The molecule has 10 heavy (non-hydrogen) atoms. The number of rotatable bonds is 0. The zero-order valence-electron chi connectivity index (χ0n) is 5.98. The van der Waals surface area contributed by atoms with Crippen molar-refractivity contribution in [3.63, 3.8) is 0 Å². The lowest BCUT2D eigenvalue weighted by Crippen LogP contribution is -2.22. The highest BCUT2D eigenvalue weighted by Gasteiger charge is 2.40. The summed E-state index contributed by atoms with van der Waals surface area (Å²) in [4.78, 5) is 0. The van der Waals surface area contributed by atoms with Gasteiger partial charge in [0.05, 0.1) is 6.61 Å². The van der Waals surface area contributed by atoms with Crippen molar-refractivity contribution in [1.82, 2.24) is 3.11 Å². The van der Waals surface area contributed by atoms with E-state index in [1.54, 1.807) is 0 Å². The Morgan fingerprint density at radius 3 is 2.80 bits per heavy atom. The van der Waals surface area contributed by atoms with Gasteiger partial charge in [-0.15, -0.1) is 0 Å². The normalized spacial score (nSPS) is 41.7. The Hall–Kier alpha value is 0.650. The lowest BCUT2D eigenvalue weighted by molar-refractivity contribution is 0.158. The smallest absolute Gasteiger partial charge is 0.0536 e. The van der Waals surface area contributed by atoms with Gasteiger partial charge in [0, 0.05) is 48.0 Å². The Labute approximate surface area is 75.4 Å². The molecule has 2 heterocycles. The fourth-order valence-corrected chi connectivity index (χ4v) is 2.82. The summed E-state index contributed by atoms with van der Waals surface area (Å²) in [6, 6.07) is 0. The summed E-state index contributed by atoms with van der Waals surface area (Å²) in [6.07, 6.45) is 2.63. The van der Waals surface area contributed by atoms with Crippen LogP contribution in [0.15, 0.2) is 0 Å². The zero-order valence-corrected chi connectivity index (χ0v) is 8.13. The van der Waals surface area contributed by atoms with Crippen LogP contribution in [-0.2, 0) is 4.74 Å². The molecule has 0 radical (unpaired) electrons. The Balaban J connectivity index is 2.03. The second-order valence-electron chi connectivity index (χ2n) is 3.40. The van der Waals surface area contributed by atoms with E-state index in [9.17, 15) is 0 Å². The fraction of sp³-hybridized carbons (Fsp3) is 1.00. The molecule has 0 aromatic heterocycles. The SMILES string of the molecule is IN1CCC2(CCOC2)C1. The number of halogens is 1. The predicted octanol–water partition coefficient (Wildman–Crippen LogP) is 1.45. The first-order chi connectivity index (χ1) is 4.81. The van der Waals surface area contributed by atoms with E-state index in [-0.39, 0.29) is 0 Å². The summed E-state index contributed by atoms with van der Waals surface area (Å²) in [5, 5.41) is 0. The maximum atomic E-state index is 5.40. The van der Waals surface area contributed by atoms with Crippen LogP contribution in [0.1, 0.15) is 12.8 Å². The van der Waals surface area contributed by atoms with Gasteiger partial charge in [0.1, 0.15) is 0 Å². The monoisotopic (exact) mass is 253 g/mol. The Kier molecular flexibility index (Phi) is 1.90. The van der Waals surface area contributed by atoms with E-state index in [1.807, 2.05) is 0 Å². The number of nitrogens with zero attached hydrogens (tertiary/aromatic N) is 1. The molecule has 0 aromatic rings. The zero-order chi connectivity index (χ0) is 7.03. The van der Waals surface area contributed by atoms with E-state index in [1.165, 1.54) is 25.9 Å². The van der Waals surface area contributed by atoms with E-state index in [4.69, 9.17) is 4.74 Å². The van der Waals surface area contributed by atoms with Gasteiger partial charge in [-0.3, -0.25) is 0 Å². The third kappa shape index (κ3) is 1.19. The molecule has 2 aliphatic rings. The summed E-state index contributed by atoms with van der Waals surface area (Å²) in [7, 11) is 0. The summed E-state index contributed by atoms with van der Waals surface area (Å²) < 4.78 is 7.78. The molecule has 0 saturated carbocycles. The minimum Gasteiger partial charge on any atom is -0.381 e. The summed E-state index contributed by atoms with van der Waals surface area (Å²) >= 11 is 2.41. The Bertz CT molecular complexity index is 134. The molecule has 3 heteroatoms. The van der Waals surface area contributed by atoms with Gasteiger partial charge in [0.2, 0.25) is 0 Å². The van der Waals surface area contributed by atoms with Crippen molar-refractivity contribution in [2.24, 2.45) is 5.41 Å². The largest absolute Gasteiger partial charge is 0.381 e. The maximum Gasteiger partial charge on any atom is 0.0536 e. The van der Waals surface area contributed by atoms with Crippen LogP contribution in [-0.4, -0.2) is 29.4 Å². The molecule has 0 amide bonds. The molecule has 0 bridgehead atoms. The number of hydrogen-bond acceptors (Lipinski definition) is 2. The van der Waals surface area contributed by atoms with Gasteiger partial charge in [-0.25, -0.2) is 3.11 Å². The standard InChI is InChI=1S/C7H12INO/c8-9-3-1-7(5-9)2-4-10-6-7/h1-6H2. The second kappa shape index (κ2) is 2.60. The van der Waals surface area contributed by atoms with E-state index in [0.717, 1.165) is 13.2 Å². The molecule has 2 saturated heterocycles. The average Bonchev–Trinajstić information content (AvgIpc) is 2.46. The fourth-order valence-electron chi connectivity index (χ4n) is 1.85. The van der Waals surface area contributed by atoms with Gasteiger partial charge in [0.25, 0.3) is 0 Å². The first-order valence-electron chi connectivity index (χ1n) is 3.79. The third-order valence-corrected chi connectivity index (χ3v) is 3.40. The summed E-state index contributed by atoms with van der Waals surface area (Å²) in [6.45, 7) is 4.49. The van der Waals surface area contributed by atoms with Crippen LogP contribution < -0.4 is 0 Å². The van der Waals surface area contributed by atoms with Gasteiger partial charge in [0.15, 0.2) is 0 Å². The minimum atomic E-state index is 0.557. The molecule has 2 rings (SSSR count). The van der Waals surface area contributed by atoms with Crippen molar-refractivity contribution in [2.75, 3.05) is 26.3 Å². The molecule has 0 N–H and O–H groups in total. The van der Waals surface area contributed by atoms with Gasteiger partial charge >= 0.3 is 0 Å². The third-order valence-electron chi connectivity index (χ3n) is 2.58. The van der Waals surface area contributed by atoms with Crippen molar-refractivity contribution in [1.29, 1.82) is 0 Å². The summed E-state index contributed by atoms with van der Waals surface area (Å²) in [5.41, 5.74) is 0.557. The van der Waals surface area contributed by atoms with Crippen LogP contribution in [0.4, 0.5) is 0 Å². The quantitative estimate of drug-likeness (QED) is 0.478. The molecule has 2 aliphatic heterocycles. The maximum absolute atomic E-state index is 5.40. The molecule has 2 nitrogen and oxygen atoms in total. The first-order valence-corrected chi connectivity index (χ1v) is 4.76. The molecule has 0 aromatic carbocycles. The van der Waals surface area contributed by atoms with Gasteiger partial charge in [-0.1, -0.05) is 0 Å². The van der Waals surface area contributed by atoms with E-state index in [0.29, 0.717) is 5.41 Å².